The van der Waals surface area contributed by atoms with Crippen LogP contribution in [0.5, 0.6) is 0 Å². The lowest BCUT2D eigenvalue weighted by Crippen LogP contribution is -2.22. The van der Waals surface area contributed by atoms with Gasteiger partial charge in [0, 0.05) is 15.3 Å². The van der Waals surface area contributed by atoms with Gasteiger partial charge in [-0.3, -0.25) is 4.79 Å². The summed E-state index contributed by atoms with van der Waals surface area (Å²) in [6, 6.07) is 11.6. The fourth-order valence-electron chi connectivity index (χ4n) is 2.34. The number of aryl methyl sites for hydroxylation is 2. The highest BCUT2D eigenvalue weighted by molar-refractivity contribution is 7.12. The Labute approximate surface area is 111 Å². The van der Waals surface area contributed by atoms with Crippen molar-refractivity contribution in [2.24, 2.45) is 0 Å². The number of amides is 1. The Kier molecular flexibility index (Phi) is 3.15. The number of thiophene rings is 1. The number of carbonyl (C=O) groups is 1. The van der Waals surface area contributed by atoms with Gasteiger partial charge in [0.25, 0.3) is 5.91 Å². The molecule has 2 aromatic rings. The quantitative estimate of drug-likeness (QED) is 0.899. The van der Waals surface area contributed by atoms with Crippen molar-refractivity contribution in [3.63, 3.8) is 0 Å². The Hall–Kier alpha value is -1.61. The molecule has 3 heteroatoms. The molecule has 0 bridgehead atoms. The van der Waals surface area contributed by atoms with Crippen molar-refractivity contribution < 1.29 is 4.79 Å². The first kappa shape index (κ1) is 11.5. The van der Waals surface area contributed by atoms with Gasteiger partial charge in [0.15, 0.2) is 0 Å². The van der Waals surface area contributed by atoms with Gasteiger partial charge in [0.1, 0.15) is 0 Å². The molecule has 1 aromatic heterocycles. The summed E-state index contributed by atoms with van der Waals surface area (Å²) in [5, 5.41) is 2.98. The van der Waals surface area contributed by atoms with E-state index >= 15 is 0 Å². The smallest absolute Gasteiger partial charge is 0.251 e. The molecule has 1 N–H and O–H groups in total. The van der Waals surface area contributed by atoms with Gasteiger partial charge in [0.05, 0.1) is 6.54 Å². The molecule has 1 amide bonds. The minimum Gasteiger partial charge on any atom is -0.347 e. The summed E-state index contributed by atoms with van der Waals surface area (Å²) >= 11 is 1.84. The van der Waals surface area contributed by atoms with Crippen LogP contribution in [0.1, 0.15) is 32.1 Å². The summed E-state index contributed by atoms with van der Waals surface area (Å²) in [6.07, 6.45) is 3.71. The molecule has 3 rings (SSSR count). The summed E-state index contributed by atoms with van der Waals surface area (Å²) in [5.74, 6) is 0.00385. The standard InChI is InChI=1S/C15H15NOS/c17-15(11-5-2-1-3-6-11)16-10-13-9-12-7-4-8-14(12)18-13/h1-3,5-6,9H,4,7-8,10H2,(H,16,17). The van der Waals surface area contributed by atoms with Crippen molar-refractivity contribution in [1.29, 1.82) is 0 Å². The molecular formula is C15H15NOS. The Bertz CT molecular complexity index is 538. The average Bonchev–Trinajstić information content (AvgIpc) is 2.97. The maximum absolute atomic E-state index is 11.9. The van der Waals surface area contributed by atoms with Crippen molar-refractivity contribution in [3.8, 4) is 0 Å². The second kappa shape index (κ2) is 4.94. The molecule has 1 aliphatic carbocycles. The predicted molar refractivity (Wildman–Crippen MR) is 74.0 cm³/mol. The van der Waals surface area contributed by atoms with E-state index in [1.54, 1.807) is 0 Å². The van der Waals surface area contributed by atoms with Crippen LogP contribution in [-0.2, 0) is 19.4 Å². The number of nitrogens with one attached hydrogen (secondary N) is 1. The highest BCUT2D eigenvalue weighted by Crippen LogP contribution is 2.30. The maximum Gasteiger partial charge on any atom is 0.251 e. The molecule has 0 atom stereocenters. The fraction of sp³-hybridized carbons (Fsp3) is 0.267. The first-order chi connectivity index (χ1) is 8.83. The summed E-state index contributed by atoms with van der Waals surface area (Å²) in [4.78, 5) is 14.7. The van der Waals surface area contributed by atoms with Crippen LogP contribution >= 0.6 is 11.3 Å². The predicted octanol–water partition coefficient (Wildman–Crippen LogP) is 3.17. The summed E-state index contributed by atoms with van der Waals surface area (Å²) in [7, 11) is 0. The normalized spacial score (nSPS) is 13.3. The van der Waals surface area contributed by atoms with Gasteiger partial charge in [-0.2, -0.15) is 0 Å². The van der Waals surface area contributed by atoms with Gasteiger partial charge in [-0.25, -0.2) is 0 Å². The fourth-order valence-corrected chi connectivity index (χ4v) is 3.54. The van der Waals surface area contributed by atoms with Crippen molar-refractivity contribution in [2.45, 2.75) is 25.8 Å². The van der Waals surface area contributed by atoms with Crippen LogP contribution in [0.15, 0.2) is 36.4 Å². The highest BCUT2D eigenvalue weighted by atomic mass is 32.1. The zero-order chi connectivity index (χ0) is 12.4. The van der Waals surface area contributed by atoms with Crippen molar-refractivity contribution >= 4 is 17.2 Å². The Morgan fingerprint density at radius 3 is 2.83 bits per heavy atom. The third-order valence-electron chi connectivity index (χ3n) is 3.26. The largest absolute Gasteiger partial charge is 0.347 e. The van der Waals surface area contributed by atoms with E-state index in [-0.39, 0.29) is 5.91 Å². The zero-order valence-electron chi connectivity index (χ0n) is 10.1. The second-order valence-electron chi connectivity index (χ2n) is 4.56. The van der Waals surface area contributed by atoms with Crippen LogP contribution in [0.4, 0.5) is 0 Å². The van der Waals surface area contributed by atoms with Crippen LogP contribution < -0.4 is 5.32 Å². The molecule has 0 unspecified atom stereocenters. The molecule has 0 fully saturated rings. The van der Waals surface area contributed by atoms with Crippen molar-refractivity contribution in [3.05, 3.63) is 57.3 Å². The SMILES string of the molecule is O=C(NCc1cc2c(s1)CCC2)c1ccccc1. The number of fused-ring (bicyclic) bond motifs is 1. The first-order valence-electron chi connectivity index (χ1n) is 6.26. The van der Waals surface area contributed by atoms with Gasteiger partial charge in [-0.1, -0.05) is 18.2 Å². The molecule has 1 heterocycles. The highest BCUT2D eigenvalue weighted by Gasteiger charge is 2.15. The van der Waals surface area contributed by atoms with E-state index < -0.39 is 0 Å². The lowest BCUT2D eigenvalue weighted by Gasteiger charge is -2.03. The lowest BCUT2D eigenvalue weighted by molar-refractivity contribution is 0.0951. The van der Waals surface area contributed by atoms with Crippen LogP contribution in [0.3, 0.4) is 0 Å². The van der Waals surface area contributed by atoms with Gasteiger partial charge < -0.3 is 5.32 Å². The van der Waals surface area contributed by atoms with Gasteiger partial charge in [-0.05, 0) is 43.0 Å². The molecule has 1 aliphatic rings. The Morgan fingerprint density at radius 2 is 2.06 bits per heavy atom. The van der Waals surface area contributed by atoms with E-state index in [0.29, 0.717) is 6.54 Å². The molecule has 0 radical (unpaired) electrons. The second-order valence-corrected chi connectivity index (χ2v) is 5.78. The van der Waals surface area contributed by atoms with E-state index in [1.165, 1.54) is 34.6 Å². The van der Waals surface area contributed by atoms with E-state index in [2.05, 4.69) is 11.4 Å². The molecule has 2 nitrogen and oxygen atoms in total. The number of benzene rings is 1. The molecular weight excluding hydrogens is 242 g/mol. The van der Waals surface area contributed by atoms with Crippen LogP contribution in [0, 0.1) is 0 Å². The molecule has 92 valence electrons. The maximum atomic E-state index is 11.9. The summed E-state index contributed by atoms with van der Waals surface area (Å²) in [6.45, 7) is 0.644. The number of rotatable bonds is 3. The topological polar surface area (TPSA) is 29.1 Å². The van der Waals surface area contributed by atoms with Crippen LogP contribution in [0.25, 0.3) is 0 Å². The van der Waals surface area contributed by atoms with E-state index in [0.717, 1.165) is 5.56 Å². The van der Waals surface area contributed by atoms with Gasteiger partial charge in [-0.15, -0.1) is 11.3 Å². The minimum atomic E-state index is 0.00385. The third kappa shape index (κ3) is 2.31. The lowest BCUT2D eigenvalue weighted by atomic mass is 10.2. The molecule has 0 saturated carbocycles. The molecule has 0 aliphatic heterocycles. The minimum absolute atomic E-state index is 0.00385. The Balaban J connectivity index is 1.62. The monoisotopic (exact) mass is 257 g/mol. The number of hydrogen-bond acceptors (Lipinski definition) is 2. The van der Waals surface area contributed by atoms with Gasteiger partial charge >= 0.3 is 0 Å². The molecule has 0 spiro atoms. The van der Waals surface area contributed by atoms with Crippen LogP contribution in [0.2, 0.25) is 0 Å². The summed E-state index contributed by atoms with van der Waals surface area (Å²) in [5.41, 5.74) is 2.21. The van der Waals surface area contributed by atoms with Crippen molar-refractivity contribution in [1.82, 2.24) is 5.32 Å². The van der Waals surface area contributed by atoms with Crippen LogP contribution in [-0.4, -0.2) is 5.91 Å². The zero-order valence-corrected chi connectivity index (χ0v) is 10.9. The number of carbonyl (C=O) groups excluding carboxylic acids is 1. The molecule has 1 aromatic carbocycles. The summed E-state index contributed by atoms with van der Waals surface area (Å²) < 4.78 is 0. The van der Waals surface area contributed by atoms with Gasteiger partial charge in [0.2, 0.25) is 0 Å². The average molecular weight is 257 g/mol. The van der Waals surface area contributed by atoms with E-state index in [4.69, 9.17) is 0 Å². The molecule has 18 heavy (non-hydrogen) atoms. The van der Waals surface area contributed by atoms with E-state index in [9.17, 15) is 4.79 Å². The van der Waals surface area contributed by atoms with Crippen molar-refractivity contribution in [2.75, 3.05) is 0 Å². The molecule has 0 saturated heterocycles. The Morgan fingerprint density at radius 1 is 1.22 bits per heavy atom. The number of hydrogen-bond donors (Lipinski definition) is 1. The first-order valence-corrected chi connectivity index (χ1v) is 7.08. The van der Waals surface area contributed by atoms with E-state index in [1.807, 2.05) is 41.7 Å². The third-order valence-corrected chi connectivity index (χ3v) is 4.49.